The Kier molecular flexibility index (Phi) is 3.86. The molecule has 3 atom stereocenters. The summed E-state index contributed by atoms with van der Waals surface area (Å²) < 4.78 is 20.3. The van der Waals surface area contributed by atoms with E-state index in [2.05, 4.69) is 0 Å². The van der Waals surface area contributed by atoms with Crippen molar-refractivity contribution >= 4 is 5.97 Å². The first-order valence-electron chi connectivity index (χ1n) is 6.93. The molecule has 1 saturated carbocycles. The summed E-state index contributed by atoms with van der Waals surface area (Å²) in [5, 5.41) is 0. The third-order valence-electron chi connectivity index (χ3n) is 4.09. The van der Waals surface area contributed by atoms with Crippen LogP contribution in [0.2, 0.25) is 0 Å². The van der Waals surface area contributed by atoms with Gasteiger partial charge in [-0.2, -0.15) is 0 Å². The van der Waals surface area contributed by atoms with Crippen LogP contribution >= 0.6 is 0 Å². The highest BCUT2D eigenvalue weighted by molar-refractivity contribution is 5.84. The second kappa shape index (κ2) is 4.50. The molecule has 0 saturated heterocycles. The Hall–Kier alpha value is -0.600. The van der Waals surface area contributed by atoms with Gasteiger partial charge in [0.25, 0.3) is 0 Å². The Morgan fingerprint density at radius 3 is 2.17 bits per heavy atom. The highest BCUT2D eigenvalue weighted by Crippen LogP contribution is 2.69. The van der Waals surface area contributed by atoms with Crippen molar-refractivity contribution in [2.75, 3.05) is 0 Å². The summed E-state index contributed by atoms with van der Waals surface area (Å²) in [6.45, 7) is 13.2. The molecule has 0 amide bonds. The van der Waals surface area contributed by atoms with Gasteiger partial charge in [-0.25, -0.2) is 4.39 Å². The van der Waals surface area contributed by atoms with Gasteiger partial charge in [-0.05, 0) is 39.5 Å². The summed E-state index contributed by atoms with van der Waals surface area (Å²) in [6.07, 6.45) is 0.938. The first-order valence-corrected chi connectivity index (χ1v) is 6.93. The summed E-state index contributed by atoms with van der Waals surface area (Å²) in [5.74, 6) is -0.322. The Balaban J connectivity index is 2.99. The molecule has 0 aromatic carbocycles. The number of halogens is 1. The molecule has 1 rings (SSSR count). The summed E-state index contributed by atoms with van der Waals surface area (Å²) >= 11 is 0. The minimum Gasteiger partial charge on any atom is -0.459 e. The molecular formula is C15H27FO2. The van der Waals surface area contributed by atoms with Crippen LogP contribution in [0.5, 0.6) is 0 Å². The largest absolute Gasteiger partial charge is 0.459 e. The van der Waals surface area contributed by atoms with Crippen LogP contribution in [-0.4, -0.2) is 17.2 Å². The van der Waals surface area contributed by atoms with E-state index < -0.39 is 16.7 Å². The number of hydrogen-bond donors (Lipinski definition) is 0. The van der Waals surface area contributed by atoms with Gasteiger partial charge in [0.2, 0.25) is 0 Å². The zero-order valence-electron chi connectivity index (χ0n) is 12.8. The molecule has 3 heteroatoms. The SMILES string of the molecule is CC[C@@]1(F)C(C)C1(CC(C)C)C(=O)OC(C)(C)C. The second-order valence-corrected chi connectivity index (χ2v) is 7.01. The van der Waals surface area contributed by atoms with E-state index in [1.165, 1.54) is 0 Å². The van der Waals surface area contributed by atoms with Gasteiger partial charge in [0, 0.05) is 5.92 Å². The molecule has 0 bridgehead atoms. The number of hydrogen-bond acceptors (Lipinski definition) is 2. The Labute approximate surface area is 110 Å². The number of alkyl halides is 1. The summed E-state index contributed by atoms with van der Waals surface area (Å²) in [5.41, 5.74) is -2.87. The van der Waals surface area contributed by atoms with E-state index in [9.17, 15) is 9.18 Å². The van der Waals surface area contributed by atoms with Gasteiger partial charge >= 0.3 is 5.97 Å². The molecule has 2 nitrogen and oxygen atoms in total. The Morgan fingerprint density at radius 2 is 1.89 bits per heavy atom. The van der Waals surface area contributed by atoms with Gasteiger partial charge in [0.15, 0.2) is 0 Å². The topological polar surface area (TPSA) is 26.3 Å². The van der Waals surface area contributed by atoms with E-state index in [0.29, 0.717) is 12.8 Å². The van der Waals surface area contributed by atoms with Gasteiger partial charge in [-0.3, -0.25) is 4.79 Å². The Bertz CT molecular complexity index is 332. The number of carbonyl (C=O) groups is 1. The van der Waals surface area contributed by atoms with Crippen LogP contribution < -0.4 is 0 Å². The molecular weight excluding hydrogens is 231 g/mol. The minimum absolute atomic E-state index is 0.243. The fraction of sp³-hybridized carbons (Fsp3) is 0.933. The molecule has 1 fully saturated rings. The number of carbonyl (C=O) groups excluding carboxylic acids is 1. The Morgan fingerprint density at radius 1 is 1.39 bits per heavy atom. The zero-order chi connectivity index (χ0) is 14.4. The average molecular weight is 258 g/mol. The van der Waals surface area contributed by atoms with Crippen molar-refractivity contribution in [3.05, 3.63) is 0 Å². The van der Waals surface area contributed by atoms with Gasteiger partial charge in [0.1, 0.15) is 16.7 Å². The van der Waals surface area contributed by atoms with Crippen LogP contribution in [-0.2, 0) is 9.53 Å². The highest BCUT2D eigenvalue weighted by atomic mass is 19.1. The third kappa shape index (κ3) is 2.28. The predicted molar refractivity (Wildman–Crippen MR) is 71.0 cm³/mol. The van der Waals surface area contributed by atoms with Crippen LogP contribution in [0.15, 0.2) is 0 Å². The normalized spacial score (nSPS) is 35.7. The van der Waals surface area contributed by atoms with Crippen molar-refractivity contribution in [3.8, 4) is 0 Å². The standard InChI is InChI=1S/C15H27FO2/c1-8-15(16)11(4)14(15,9-10(2)3)12(17)18-13(5,6)7/h10-11H,8-9H2,1-7H3/t11?,14?,15-/m1/s1. The summed E-state index contributed by atoms with van der Waals surface area (Å²) in [7, 11) is 0. The van der Waals surface area contributed by atoms with Crippen molar-refractivity contribution in [1.29, 1.82) is 0 Å². The zero-order valence-corrected chi connectivity index (χ0v) is 12.8. The molecule has 1 aliphatic rings. The fourth-order valence-corrected chi connectivity index (χ4v) is 3.18. The van der Waals surface area contributed by atoms with E-state index in [1.807, 2.05) is 48.5 Å². The van der Waals surface area contributed by atoms with E-state index in [1.54, 1.807) is 0 Å². The van der Waals surface area contributed by atoms with Crippen LogP contribution in [0.4, 0.5) is 4.39 Å². The van der Waals surface area contributed by atoms with Crippen molar-refractivity contribution in [2.45, 2.75) is 72.6 Å². The quantitative estimate of drug-likeness (QED) is 0.709. The van der Waals surface area contributed by atoms with Crippen molar-refractivity contribution in [3.63, 3.8) is 0 Å². The summed E-state index contributed by atoms with van der Waals surface area (Å²) in [6, 6.07) is 0. The van der Waals surface area contributed by atoms with Gasteiger partial charge in [0.05, 0.1) is 0 Å². The second-order valence-electron chi connectivity index (χ2n) is 7.01. The monoisotopic (exact) mass is 258 g/mol. The molecule has 0 aromatic heterocycles. The van der Waals surface area contributed by atoms with E-state index in [-0.39, 0.29) is 17.8 Å². The maximum Gasteiger partial charge on any atom is 0.316 e. The predicted octanol–water partition coefficient (Wildman–Crippen LogP) is 4.13. The van der Waals surface area contributed by atoms with Gasteiger partial charge < -0.3 is 4.74 Å². The third-order valence-corrected chi connectivity index (χ3v) is 4.09. The lowest BCUT2D eigenvalue weighted by atomic mass is 9.89. The molecule has 106 valence electrons. The molecule has 0 aliphatic heterocycles. The van der Waals surface area contributed by atoms with Crippen molar-refractivity contribution < 1.29 is 13.9 Å². The lowest BCUT2D eigenvalue weighted by molar-refractivity contribution is -0.165. The van der Waals surface area contributed by atoms with Crippen LogP contribution in [0.3, 0.4) is 0 Å². The maximum atomic E-state index is 14.8. The molecule has 18 heavy (non-hydrogen) atoms. The smallest absolute Gasteiger partial charge is 0.316 e. The maximum absolute atomic E-state index is 14.8. The molecule has 0 heterocycles. The highest BCUT2D eigenvalue weighted by Gasteiger charge is 2.79. The average Bonchev–Trinajstić information content (AvgIpc) is 2.64. The summed E-state index contributed by atoms with van der Waals surface area (Å²) in [4.78, 5) is 12.4. The first-order chi connectivity index (χ1) is 8.01. The van der Waals surface area contributed by atoms with E-state index in [4.69, 9.17) is 4.74 Å². The first kappa shape index (κ1) is 15.5. The molecule has 0 radical (unpaired) electrons. The van der Waals surface area contributed by atoms with Crippen LogP contribution in [0, 0.1) is 17.3 Å². The lowest BCUT2D eigenvalue weighted by Crippen LogP contribution is -2.34. The van der Waals surface area contributed by atoms with Crippen LogP contribution in [0.25, 0.3) is 0 Å². The minimum atomic E-state index is -1.39. The fourth-order valence-electron chi connectivity index (χ4n) is 3.18. The number of rotatable bonds is 4. The van der Waals surface area contributed by atoms with Crippen molar-refractivity contribution in [1.82, 2.24) is 0 Å². The number of ether oxygens (including phenoxy) is 1. The molecule has 1 aliphatic carbocycles. The van der Waals surface area contributed by atoms with Crippen molar-refractivity contribution in [2.24, 2.45) is 17.3 Å². The molecule has 2 unspecified atom stereocenters. The van der Waals surface area contributed by atoms with Crippen LogP contribution in [0.1, 0.15) is 61.3 Å². The molecule has 0 spiro atoms. The molecule has 0 N–H and O–H groups in total. The van der Waals surface area contributed by atoms with E-state index in [0.717, 1.165) is 0 Å². The van der Waals surface area contributed by atoms with E-state index >= 15 is 0 Å². The number of esters is 1. The van der Waals surface area contributed by atoms with Gasteiger partial charge in [-0.1, -0.05) is 27.7 Å². The lowest BCUT2D eigenvalue weighted by Gasteiger charge is -2.26. The van der Waals surface area contributed by atoms with Gasteiger partial charge in [-0.15, -0.1) is 0 Å². The molecule has 0 aromatic rings.